The van der Waals surface area contributed by atoms with Crippen molar-refractivity contribution in [3.05, 3.63) is 71.7 Å². The zero-order valence-electron chi connectivity index (χ0n) is 18.2. The molecular weight excluding hydrogens is 442 g/mol. The standard InChI is InChI=1S/C25H21NO8/c1-31-19-11-14(4-6-17(19)27)22-21(24(29)25(30)26(22)13-16-3-2-8-32-16)23(28)15-5-7-18-20(12-15)34-10-9-33-18/h2-8,11-12,21-22,27H,9-10,13H2,1H3. The van der Waals surface area contributed by atoms with E-state index in [1.165, 1.54) is 36.5 Å². The van der Waals surface area contributed by atoms with Crippen molar-refractivity contribution < 1.29 is 38.1 Å². The van der Waals surface area contributed by atoms with Crippen molar-refractivity contribution in [1.29, 1.82) is 0 Å². The van der Waals surface area contributed by atoms with Gasteiger partial charge >= 0.3 is 0 Å². The molecule has 0 bridgehead atoms. The summed E-state index contributed by atoms with van der Waals surface area (Å²) in [6.07, 6.45) is 1.47. The maximum absolute atomic E-state index is 13.6. The summed E-state index contributed by atoms with van der Waals surface area (Å²) in [4.78, 5) is 41.2. The third-order valence-electron chi connectivity index (χ3n) is 5.97. The van der Waals surface area contributed by atoms with Gasteiger partial charge in [-0.05, 0) is 48.0 Å². The molecule has 1 amide bonds. The lowest BCUT2D eigenvalue weighted by atomic mass is 9.86. The molecule has 2 aliphatic heterocycles. The molecule has 0 spiro atoms. The average molecular weight is 463 g/mol. The van der Waals surface area contributed by atoms with E-state index in [0.29, 0.717) is 36.0 Å². The third-order valence-corrected chi connectivity index (χ3v) is 5.97. The van der Waals surface area contributed by atoms with Crippen molar-refractivity contribution in [3.63, 3.8) is 0 Å². The summed E-state index contributed by atoms with van der Waals surface area (Å²) in [7, 11) is 1.39. The average Bonchev–Trinajstić information content (AvgIpc) is 3.46. The molecule has 1 fully saturated rings. The quantitative estimate of drug-likeness (QED) is 0.337. The van der Waals surface area contributed by atoms with Crippen LogP contribution in [-0.2, 0) is 16.1 Å². The number of ketones is 2. The Labute approximate surface area is 194 Å². The first-order valence-electron chi connectivity index (χ1n) is 10.7. The summed E-state index contributed by atoms with van der Waals surface area (Å²) < 4.78 is 21.7. The maximum Gasteiger partial charge on any atom is 0.291 e. The number of phenols is 1. The Morgan fingerprint density at radius 2 is 1.88 bits per heavy atom. The summed E-state index contributed by atoms with van der Waals surface area (Å²) >= 11 is 0. The molecule has 1 aromatic heterocycles. The third kappa shape index (κ3) is 3.64. The molecule has 3 heterocycles. The van der Waals surface area contributed by atoms with Gasteiger partial charge in [-0.1, -0.05) is 6.07 Å². The predicted octanol–water partition coefficient (Wildman–Crippen LogP) is 2.92. The van der Waals surface area contributed by atoms with Gasteiger partial charge in [0.05, 0.1) is 26.0 Å². The van der Waals surface area contributed by atoms with Crippen LogP contribution in [0.25, 0.3) is 0 Å². The maximum atomic E-state index is 13.6. The van der Waals surface area contributed by atoms with Gasteiger partial charge in [0, 0.05) is 5.56 Å². The molecule has 2 aliphatic rings. The molecule has 1 saturated heterocycles. The van der Waals surface area contributed by atoms with Gasteiger partial charge in [-0.15, -0.1) is 0 Å². The van der Waals surface area contributed by atoms with Crippen LogP contribution >= 0.6 is 0 Å². The van der Waals surface area contributed by atoms with Crippen LogP contribution in [0, 0.1) is 5.92 Å². The van der Waals surface area contributed by atoms with E-state index in [1.54, 1.807) is 30.3 Å². The van der Waals surface area contributed by atoms with E-state index >= 15 is 0 Å². The van der Waals surface area contributed by atoms with Gasteiger partial charge in [0.25, 0.3) is 5.91 Å². The summed E-state index contributed by atoms with van der Waals surface area (Å²) in [5.74, 6) is -1.99. The van der Waals surface area contributed by atoms with Crippen molar-refractivity contribution in [2.24, 2.45) is 5.92 Å². The van der Waals surface area contributed by atoms with Crippen molar-refractivity contribution in [2.75, 3.05) is 20.3 Å². The van der Waals surface area contributed by atoms with Gasteiger partial charge < -0.3 is 28.6 Å². The number of likely N-dealkylation sites (tertiary alicyclic amines) is 1. The van der Waals surface area contributed by atoms with Crippen molar-refractivity contribution in [3.8, 4) is 23.0 Å². The Balaban J connectivity index is 1.58. The van der Waals surface area contributed by atoms with E-state index in [9.17, 15) is 19.5 Å². The van der Waals surface area contributed by atoms with Gasteiger partial charge in [0.1, 0.15) is 24.9 Å². The van der Waals surface area contributed by atoms with Gasteiger partial charge in [0.15, 0.2) is 28.8 Å². The number of amides is 1. The molecule has 174 valence electrons. The number of aromatic hydroxyl groups is 1. The highest BCUT2D eigenvalue weighted by Gasteiger charge is 2.52. The number of phenolic OH excluding ortho intramolecular Hbond substituents is 1. The summed E-state index contributed by atoms with van der Waals surface area (Å²) in [5.41, 5.74) is 0.697. The Morgan fingerprint density at radius 1 is 1.09 bits per heavy atom. The van der Waals surface area contributed by atoms with Gasteiger partial charge in [0.2, 0.25) is 5.78 Å². The Morgan fingerprint density at radius 3 is 2.62 bits per heavy atom. The highest BCUT2D eigenvalue weighted by molar-refractivity contribution is 6.44. The fourth-order valence-electron chi connectivity index (χ4n) is 4.35. The minimum Gasteiger partial charge on any atom is -0.504 e. The lowest BCUT2D eigenvalue weighted by Gasteiger charge is -2.27. The number of fused-ring (bicyclic) bond motifs is 1. The number of furan rings is 1. The fourth-order valence-corrected chi connectivity index (χ4v) is 4.35. The first-order valence-corrected chi connectivity index (χ1v) is 10.7. The number of benzene rings is 2. The van der Waals surface area contributed by atoms with Crippen LogP contribution in [0.3, 0.4) is 0 Å². The topological polar surface area (TPSA) is 116 Å². The number of Topliss-reactive ketones (excluding diaryl/α,β-unsaturated/α-hetero) is 2. The molecule has 2 atom stereocenters. The SMILES string of the molecule is COc1cc(C2C(C(=O)c3ccc4c(c3)OCCO4)C(=O)C(=O)N2Cc2ccco2)ccc1O. The van der Waals surface area contributed by atoms with Crippen molar-refractivity contribution in [2.45, 2.75) is 12.6 Å². The Bertz CT molecular complexity index is 1270. The van der Waals surface area contributed by atoms with Crippen LogP contribution in [0.15, 0.2) is 59.2 Å². The van der Waals surface area contributed by atoms with Crippen LogP contribution in [0.1, 0.15) is 27.7 Å². The molecule has 2 unspecified atom stereocenters. The number of nitrogens with zero attached hydrogens (tertiary/aromatic N) is 1. The first-order chi connectivity index (χ1) is 16.5. The van der Waals surface area contributed by atoms with Crippen molar-refractivity contribution in [1.82, 2.24) is 4.90 Å². The summed E-state index contributed by atoms with van der Waals surface area (Å²) in [6, 6.07) is 11.6. The monoisotopic (exact) mass is 463 g/mol. The summed E-state index contributed by atoms with van der Waals surface area (Å²) in [6.45, 7) is 0.747. The molecule has 9 nitrogen and oxygen atoms in total. The van der Waals surface area contributed by atoms with Gasteiger partial charge in [-0.2, -0.15) is 0 Å². The van der Waals surface area contributed by atoms with Crippen LogP contribution < -0.4 is 14.2 Å². The number of carbonyl (C=O) groups is 3. The normalized spacial score (nSPS) is 19.4. The van der Waals surface area contributed by atoms with E-state index < -0.39 is 29.4 Å². The van der Waals surface area contributed by atoms with Crippen molar-refractivity contribution >= 4 is 17.5 Å². The second-order valence-electron chi connectivity index (χ2n) is 7.95. The largest absolute Gasteiger partial charge is 0.504 e. The number of carbonyl (C=O) groups excluding carboxylic acids is 3. The molecule has 0 radical (unpaired) electrons. The van der Waals surface area contributed by atoms with E-state index in [2.05, 4.69) is 0 Å². The second kappa shape index (κ2) is 8.58. The molecule has 3 aromatic rings. The van der Waals surface area contributed by atoms with Crippen LogP contribution in [0.5, 0.6) is 23.0 Å². The minimum atomic E-state index is -1.31. The van der Waals surface area contributed by atoms with E-state index in [4.69, 9.17) is 18.6 Å². The first kappa shape index (κ1) is 21.6. The fraction of sp³-hybridized carbons (Fsp3) is 0.240. The van der Waals surface area contributed by atoms with Crippen LogP contribution in [0.2, 0.25) is 0 Å². The zero-order valence-corrected chi connectivity index (χ0v) is 18.2. The number of methoxy groups -OCH3 is 1. The molecule has 1 N–H and O–H groups in total. The molecule has 9 heteroatoms. The minimum absolute atomic E-state index is 0.00362. The molecule has 0 saturated carbocycles. The smallest absolute Gasteiger partial charge is 0.291 e. The molecular formula is C25H21NO8. The van der Waals surface area contributed by atoms with Crippen LogP contribution in [0.4, 0.5) is 0 Å². The molecule has 2 aromatic carbocycles. The van der Waals surface area contributed by atoms with Gasteiger partial charge in [-0.25, -0.2) is 0 Å². The van der Waals surface area contributed by atoms with Gasteiger partial charge in [-0.3, -0.25) is 14.4 Å². The highest BCUT2D eigenvalue weighted by atomic mass is 16.6. The zero-order chi connectivity index (χ0) is 23.8. The second-order valence-corrected chi connectivity index (χ2v) is 7.95. The molecule has 5 rings (SSSR count). The van der Waals surface area contributed by atoms with E-state index in [1.807, 2.05) is 0 Å². The number of hydrogen-bond acceptors (Lipinski definition) is 8. The Hall–Kier alpha value is -4.27. The number of ether oxygens (including phenoxy) is 3. The predicted molar refractivity (Wildman–Crippen MR) is 117 cm³/mol. The molecule has 0 aliphatic carbocycles. The lowest BCUT2D eigenvalue weighted by Crippen LogP contribution is -2.30. The summed E-state index contributed by atoms with van der Waals surface area (Å²) in [5, 5.41) is 10.0. The Kier molecular flexibility index (Phi) is 5.45. The number of rotatable bonds is 6. The lowest BCUT2D eigenvalue weighted by molar-refractivity contribution is -0.141. The van der Waals surface area contributed by atoms with E-state index in [-0.39, 0.29) is 23.6 Å². The molecule has 34 heavy (non-hydrogen) atoms. The van der Waals surface area contributed by atoms with Crippen LogP contribution in [-0.4, -0.2) is 47.8 Å². The highest BCUT2D eigenvalue weighted by Crippen LogP contribution is 2.42. The van der Waals surface area contributed by atoms with E-state index in [0.717, 1.165) is 0 Å². The number of hydrogen-bond donors (Lipinski definition) is 1.